The predicted molar refractivity (Wildman–Crippen MR) is 77.2 cm³/mol. The second-order valence-corrected chi connectivity index (χ2v) is 5.51. The van der Waals surface area contributed by atoms with Gasteiger partial charge in [0, 0.05) is 22.5 Å². The van der Waals surface area contributed by atoms with Crippen LogP contribution in [0.25, 0.3) is 10.9 Å². The number of nitrogens with one attached hydrogen (secondary N) is 2. The van der Waals surface area contributed by atoms with Crippen LogP contribution in [0.4, 0.5) is 5.69 Å². The molecule has 92 valence electrons. The van der Waals surface area contributed by atoms with Crippen molar-refractivity contribution < 1.29 is 0 Å². The van der Waals surface area contributed by atoms with E-state index in [1.54, 1.807) is 11.3 Å². The van der Waals surface area contributed by atoms with Crippen LogP contribution in [0.5, 0.6) is 0 Å². The molecule has 0 spiro atoms. The van der Waals surface area contributed by atoms with Gasteiger partial charge in [0.2, 0.25) is 0 Å². The number of fused-ring (bicyclic) bond motifs is 1. The van der Waals surface area contributed by atoms with Crippen LogP contribution in [0.15, 0.2) is 29.8 Å². The van der Waals surface area contributed by atoms with Gasteiger partial charge in [-0.1, -0.05) is 0 Å². The van der Waals surface area contributed by atoms with Crippen LogP contribution in [0.3, 0.4) is 0 Å². The molecule has 2 aromatic heterocycles. The van der Waals surface area contributed by atoms with Crippen molar-refractivity contribution in [2.75, 3.05) is 5.32 Å². The van der Waals surface area contributed by atoms with E-state index in [0.29, 0.717) is 0 Å². The number of nitrogens with zero attached hydrogens (tertiary/aromatic N) is 1. The number of H-pyrrole nitrogens is 1. The Labute approximate surface area is 110 Å². The first-order chi connectivity index (χ1) is 8.74. The Morgan fingerprint density at radius 1 is 1.28 bits per heavy atom. The molecule has 0 bridgehead atoms. The fourth-order valence-corrected chi connectivity index (χ4v) is 2.90. The van der Waals surface area contributed by atoms with Gasteiger partial charge in [-0.05, 0) is 48.6 Å². The van der Waals surface area contributed by atoms with E-state index in [1.807, 2.05) is 6.20 Å². The molecular weight excluding hydrogens is 242 g/mol. The summed E-state index contributed by atoms with van der Waals surface area (Å²) in [7, 11) is 0. The minimum atomic E-state index is 0.883. The van der Waals surface area contributed by atoms with Gasteiger partial charge >= 0.3 is 0 Å². The summed E-state index contributed by atoms with van der Waals surface area (Å²) in [6.07, 6.45) is 1.86. The third kappa shape index (κ3) is 1.99. The highest BCUT2D eigenvalue weighted by Gasteiger charge is 2.04. The highest BCUT2D eigenvalue weighted by molar-refractivity contribution is 7.10. The van der Waals surface area contributed by atoms with Gasteiger partial charge < -0.3 is 5.32 Å². The molecule has 3 rings (SSSR count). The Morgan fingerprint density at radius 2 is 2.17 bits per heavy atom. The van der Waals surface area contributed by atoms with Crippen molar-refractivity contribution in [2.45, 2.75) is 20.4 Å². The maximum absolute atomic E-state index is 4.06. The lowest BCUT2D eigenvalue weighted by atomic mass is 10.1. The lowest BCUT2D eigenvalue weighted by Gasteiger charge is -2.09. The van der Waals surface area contributed by atoms with Crippen molar-refractivity contribution in [3.8, 4) is 0 Å². The normalized spacial score (nSPS) is 11.0. The number of hydrogen-bond donors (Lipinski definition) is 2. The zero-order chi connectivity index (χ0) is 12.5. The zero-order valence-electron chi connectivity index (χ0n) is 10.4. The van der Waals surface area contributed by atoms with Crippen LogP contribution in [-0.4, -0.2) is 10.2 Å². The third-order valence-corrected chi connectivity index (χ3v) is 4.22. The SMILES string of the molecule is Cc1cc2[nH]ncc2cc1NCc1sccc1C. The van der Waals surface area contributed by atoms with E-state index >= 15 is 0 Å². The molecule has 0 saturated carbocycles. The second kappa shape index (κ2) is 4.46. The Balaban J connectivity index is 1.86. The van der Waals surface area contributed by atoms with Crippen molar-refractivity contribution in [3.05, 3.63) is 45.8 Å². The topological polar surface area (TPSA) is 40.7 Å². The standard InChI is InChI=1S/C14H15N3S/c1-9-3-4-18-14(9)8-15-12-6-11-7-16-17-13(11)5-10(12)2/h3-7,15H,8H2,1-2H3,(H,16,17). The molecule has 1 aromatic carbocycles. The second-order valence-electron chi connectivity index (χ2n) is 4.50. The number of anilines is 1. The Hall–Kier alpha value is -1.81. The predicted octanol–water partition coefficient (Wildman–Crippen LogP) is 3.85. The van der Waals surface area contributed by atoms with Crippen LogP contribution in [0.1, 0.15) is 16.0 Å². The van der Waals surface area contributed by atoms with Crippen LogP contribution in [0.2, 0.25) is 0 Å². The van der Waals surface area contributed by atoms with Gasteiger partial charge in [0.05, 0.1) is 11.7 Å². The molecule has 3 nitrogen and oxygen atoms in total. The lowest BCUT2D eigenvalue weighted by molar-refractivity contribution is 1.12. The first-order valence-electron chi connectivity index (χ1n) is 5.94. The monoisotopic (exact) mass is 257 g/mol. The maximum atomic E-state index is 4.06. The number of benzene rings is 1. The molecule has 0 amide bonds. The van der Waals surface area contributed by atoms with E-state index < -0.39 is 0 Å². The average molecular weight is 257 g/mol. The Morgan fingerprint density at radius 3 is 2.94 bits per heavy atom. The first-order valence-corrected chi connectivity index (χ1v) is 6.82. The van der Waals surface area contributed by atoms with Gasteiger partial charge in [0.15, 0.2) is 0 Å². The number of aryl methyl sites for hydroxylation is 2. The van der Waals surface area contributed by atoms with E-state index in [4.69, 9.17) is 0 Å². The van der Waals surface area contributed by atoms with Gasteiger partial charge in [0.25, 0.3) is 0 Å². The molecule has 0 saturated heterocycles. The molecule has 0 fully saturated rings. The minimum absolute atomic E-state index is 0.883. The van der Waals surface area contributed by atoms with Crippen molar-refractivity contribution in [1.82, 2.24) is 10.2 Å². The molecule has 2 heterocycles. The molecule has 4 heteroatoms. The van der Waals surface area contributed by atoms with Crippen molar-refractivity contribution in [3.63, 3.8) is 0 Å². The maximum Gasteiger partial charge on any atom is 0.0654 e. The van der Waals surface area contributed by atoms with E-state index in [0.717, 1.165) is 17.4 Å². The first kappa shape index (κ1) is 11.3. The van der Waals surface area contributed by atoms with Gasteiger partial charge in [-0.25, -0.2) is 0 Å². The van der Waals surface area contributed by atoms with Gasteiger partial charge in [-0.3, -0.25) is 5.10 Å². The van der Waals surface area contributed by atoms with Crippen molar-refractivity contribution >= 4 is 27.9 Å². The molecule has 0 aliphatic carbocycles. The van der Waals surface area contributed by atoms with E-state index in [2.05, 4.69) is 52.9 Å². The fraction of sp³-hybridized carbons (Fsp3) is 0.214. The molecule has 0 aliphatic heterocycles. The number of rotatable bonds is 3. The van der Waals surface area contributed by atoms with Gasteiger partial charge in [-0.2, -0.15) is 5.10 Å². The summed E-state index contributed by atoms with van der Waals surface area (Å²) in [5, 5.41) is 13.8. The minimum Gasteiger partial charge on any atom is -0.380 e. The van der Waals surface area contributed by atoms with Crippen LogP contribution in [-0.2, 0) is 6.54 Å². The van der Waals surface area contributed by atoms with E-state index in [9.17, 15) is 0 Å². The quantitative estimate of drug-likeness (QED) is 0.748. The van der Waals surface area contributed by atoms with Gasteiger partial charge in [0.1, 0.15) is 0 Å². The van der Waals surface area contributed by atoms with Crippen LogP contribution < -0.4 is 5.32 Å². The molecular formula is C14H15N3S. The molecule has 0 aliphatic rings. The molecule has 0 radical (unpaired) electrons. The average Bonchev–Trinajstić information content (AvgIpc) is 2.95. The molecule has 3 aromatic rings. The molecule has 0 unspecified atom stereocenters. The summed E-state index contributed by atoms with van der Waals surface area (Å²) in [4.78, 5) is 1.39. The van der Waals surface area contributed by atoms with Crippen LogP contribution >= 0.6 is 11.3 Å². The highest BCUT2D eigenvalue weighted by Crippen LogP contribution is 2.24. The van der Waals surface area contributed by atoms with Crippen molar-refractivity contribution in [1.29, 1.82) is 0 Å². The molecule has 18 heavy (non-hydrogen) atoms. The van der Waals surface area contributed by atoms with E-state index in [-0.39, 0.29) is 0 Å². The zero-order valence-corrected chi connectivity index (χ0v) is 11.3. The largest absolute Gasteiger partial charge is 0.380 e. The Bertz CT molecular complexity index is 681. The smallest absolute Gasteiger partial charge is 0.0654 e. The summed E-state index contributed by atoms with van der Waals surface area (Å²) in [5.74, 6) is 0. The number of hydrogen-bond acceptors (Lipinski definition) is 3. The number of aromatic nitrogens is 2. The Kier molecular flexibility index (Phi) is 2.80. The number of thiophene rings is 1. The third-order valence-electron chi connectivity index (χ3n) is 3.19. The summed E-state index contributed by atoms with van der Waals surface area (Å²) >= 11 is 1.80. The highest BCUT2D eigenvalue weighted by atomic mass is 32.1. The van der Waals surface area contributed by atoms with Crippen molar-refractivity contribution in [2.24, 2.45) is 0 Å². The number of aromatic amines is 1. The summed E-state index contributed by atoms with van der Waals surface area (Å²) < 4.78 is 0. The molecule has 0 atom stereocenters. The lowest BCUT2D eigenvalue weighted by Crippen LogP contribution is -2.00. The fourth-order valence-electron chi connectivity index (χ4n) is 2.05. The summed E-state index contributed by atoms with van der Waals surface area (Å²) in [6, 6.07) is 6.44. The summed E-state index contributed by atoms with van der Waals surface area (Å²) in [5.41, 5.74) is 4.86. The van der Waals surface area contributed by atoms with E-state index in [1.165, 1.54) is 21.7 Å². The summed E-state index contributed by atoms with van der Waals surface area (Å²) in [6.45, 7) is 5.15. The molecule has 2 N–H and O–H groups in total. The van der Waals surface area contributed by atoms with Crippen LogP contribution in [0, 0.1) is 13.8 Å². The van der Waals surface area contributed by atoms with Gasteiger partial charge in [-0.15, -0.1) is 11.3 Å².